The van der Waals surface area contributed by atoms with E-state index in [1.807, 2.05) is 21.1 Å². The van der Waals surface area contributed by atoms with E-state index >= 15 is 0 Å². The van der Waals surface area contributed by atoms with Crippen molar-refractivity contribution in [2.45, 2.75) is 360 Å². The van der Waals surface area contributed by atoms with Crippen LogP contribution < -0.4 is 0 Å². The fourth-order valence-electron chi connectivity index (χ4n) is 11.0. The molecule has 2 atom stereocenters. The minimum Gasteiger partial charge on any atom is -0.477 e. The molecule has 91 heavy (non-hydrogen) atoms. The van der Waals surface area contributed by atoms with Crippen molar-refractivity contribution in [3.8, 4) is 0 Å². The number of esters is 2. The zero-order valence-electron chi connectivity index (χ0n) is 60.2. The van der Waals surface area contributed by atoms with Crippen LogP contribution in [0.4, 0.5) is 0 Å². The molecule has 0 aliphatic heterocycles. The van der Waals surface area contributed by atoms with E-state index in [9.17, 15) is 19.5 Å². The summed E-state index contributed by atoms with van der Waals surface area (Å²) in [4.78, 5) is 37.7. The maximum Gasteiger partial charge on any atom is 0.361 e. The lowest BCUT2D eigenvalue weighted by molar-refractivity contribution is -0.870. The lowest BCUT2D eigenvalue weighted by Crippen LogP contribution is -2.40. The highest BCUT2D eigenvalue weighted by molar-refractivity contribution is 5.71. The lowest BCUT2D eigenvalue weighted by atomic mass is 10.0. The average molecular weight is 1270 g/mol. The molecule has 0 aromatic carbocycles. The van der Waals surface area contributed by atoms with Crippen molar-refractivity contribution in [2.75, 3.05) is 47.5 Å². The minimum absolute atomic E-state index is 0.182. The van der Waals surface area contributed by atoms with Crippen molar-refractivity contribution in [3.63, 3.8) is 0 Å². The Bertz CT molecular complexity index is 1820. The largest absolute Gasteiger partial charge is 0.477 e. The number of quaternary nitrogens is 1. The summed E-state index contributed by atoms with van der Waals surface area (Å²) in [5.74, 6) is -1.99. The molecule has 0 spiro atoms. The van der Waals surface area contributed by atoms with Crippen LogP contribution in [0.25, 0.3) is 0 Å². The Morgan fingerprint density at radius 2 is 0.626 bits per heavy atom. The Balaban J connectivity index is 4.07. The molecule has 1 N–H and O–H groups in total. The Kier molecular flexibility index (Phi) is 69.0. The van der Waals surface area contributed by atoms with Crippen LogP contribution >= 0.6 is 0 Å². The molecular formula is C82H146NO8+. The molecule has 0 aliphatic carbocycles. The second-order valence-corrected chi connectivity index (χ2v) is 26.9. The molecule has 0 aromatic rings. The first-order chi connectivity index (χ1) is 44.6. The maximum atomic E-state index is 13.0. The summed E-state index contributed by atoms with van der Waals surface area (Å²) < 4.78 is 23.0. The number of allylic oxidation sites excluding steroid dienone is 16. The summed E-state index contributed by atoms with van der Waals surface area (Å²) in [6.07, 6.45) is 96.9. The van der Waals surface area contributed by atoms with Crippen LogP contribution in [0.1, 0.15) is 348 Å². The summed E-state index contributed by atoms with van der Waals surface area (Å²) in [6.45, 7) is 4.81. The van der Waals surface area contributed by atoms with Crippen molar-refractivity contribution >= 4 is 17.9 Å². The number of rotatable bonds is 71. The van der Waals surface area contributed by atoms with Gasteiger partial charge in [-0.05, 0) is 77.0 Å². The second-order valence-electron chi connectivity index (χ2n) is 26.9. The van der Waals surface area contributed by atoms with E-state index < -0.39 is 24.3 Å². The molecule has 0 saturated heterocycles. The summed E-state index contributed by atoms with van der Waals surface area (Å²) >= 11 is 0. The molecule has 0 aliphatic rings. The van der Waals surface area contributed by atoms with Gasteiger partial charge in [-0.25, -0.2) is 4.79 Å². The highest BCUT2D eigenvalue weighted by Gasteiger charge is 2.25. The van der Waals surface area contributed by atoms with Gasteiger partial charge in [0.05, 0.1) is 34.4 Å². The minimum atomic E-state index is -1.51. The highest BCUT2D eigenvalue weighted by atomic mass is 16.7. The zero-order valence-corrected chi connectivity index (χ0v) is 60.2. The van der Waals surface area contributed by atoms with Gasteiger partial charge in [-0.15, -0.1) is 0 Å². The van der Waals surface area contributed by atoms with Crippen LogP contribution in [0.5, 0.6) is 0 Å². The Morgan fingerprint density at radius 3 is 0.934 bits per heavy atom. The van der Waals surface area contributed by atoms with Gasteiger partial charge < -0.3 is 28.5 Å². The van der Waals surface area contributed by atoms with Crippen molar-refractivity contribution in [1.82, 2.24) is 0 Å². The SMILES string of the molecule is CC/C=C\C/C=C\C/C=C\C/C=C\C/C=C\C/C=C\C/C=C\C/C=C\CCCCCCCCCCCCCCC(=O)OC(COC(=O)CCCCCCCCCCCCCCCCCCCCCCCCCCCCCCC)COC(OCC[N+](C)(C)C)C(=O)O. The average Bonchev–Trinajstić information content (AvgIpc) is 3.50. The predicted molar refractivity (Wildman–Crippen MR) is 392 cm³/mol. The highest BCUT2D eigenvalue weighted by Crippen LogP contribution is 2.19. The predicted octanol–water partition coefficient (Wildman–Crippen LogP) is 24.4. The van der Waals surface area contributed by atoms with E-state index in [2.05, 4.69) is 111 Å². The number of carbonyl (C=O) groups is 3. The van der Waals surface area contributed by atoms with E-state index in [1.165, 1.54) is 225 Å². The van der Waals surface area contributed by atoms with Crippen molar-refractivity contribution in [3.05, 3.63) is 97.2 Å². The van der Waals surface area contributed by atoms with Gasteiger partial charge in [0.15, 0.2) is 6.10 Å². The first-order valence-corrected chi connectivity index (χ1v) is 38.4. The van der Waals surface area contributed by atoms with E-state index in [0.29, 0.717) is 17.4 Å². The van der Waals surface area contributed by atoms with Gasteiger partial charge in [0, 0.05) is 12.8 Å². The number of ether oxygens (including phenoxy) is 4. The number of carboxylic acids is 1. The zero-order chi connectivity index (χ0) is 66.1. The number of nitrogens with zero attached hydrogens (tertiary/aromatic N) is 1. The topological polar surface area (TPSA) is 108 Å². The summed E-state index contributed by atoms with van der Waals surface area (Å²) in [7, 11) is 5.99. The van der Waals surface area contributed by atoms with E-state index in [-0.39, 0.29) is 32.2 Å². The van der Waals surface area contributed by atoms with Gasteiger partial charge in [0.25, 0.3) is 6.29 Å². The number of aliphatic carboxylic acids is 1. The normalized spacial score (nSPS) is 13.2. The summed E-state index contributed by atoms with van der Waals surface area (Å²) in [5, 5.41) is 9.77. The number of unbranched alkanes of at least 4 members (excludes halogenated alkanes) is 40. The van der Waals surface area contributed by atoms with Crippen LogP contribution in [0, 0.1) is 0 Å². The number of hydrogen-bond acceptors (Lipinski definition) is 7. The quantitative estimate of drug-likeness (QED) is 0.0211. The molecule has 0 radical (unpaired) electrons. The van der Waals surface area contributed by atoms with E-state index in [0.717, 1.165) is 96.3 Å². The Morgan fingerprint density at radius 1 is 0.341 bits per heavy atom. The Labute approximate surface area is 562 Å². The van der Waals surface area contributed by atoms with Gasteiger partial charge in [-0.1, -0.05) is 355 Å². The number of hydrogen-bond donors (Lipinski definition) is 1. The summed E-state index contributed by atoms with van der Waals surface area (Å²) in [6, 6.07) is 0. The fraction of sp³-hybridized carbons (Fsp3) is 0.768. The second kappa shape index (κ2) is 72.0. The smallest absolute Gasteiger partial charge is 0.361 e. The number of carboxylic acid groups (broad SMARTS) is 1. The van der Waals surface area contributed by atoms with Crippen LogP contribution in [0.15, 0.2) is 97.2 Å². The number of carbonyl (C=O) groups excluding carboxylic acids is 2. The molecule has 0 rings (SSSR count). The van der Waals surface area contributed by atoms with Gasteiger partial charge in [-0.2, -0.15) is 0 Å². The van der Waals surface area contributed by atoms with Crippen molar-refractivity contribution in [1.29, 1.82) is 0 Å². The third-order valence-electron chi connectivity index (χ3n) is 16.9. The molecule has 526 valence electrons. The first-order valence-electron chi connectivity index (χ1n) is 38.4. The van der Waals surface area contributed by atoms with Crippen LogP contribution in [-0.2, 0) is 33.3 Å². The molecule has 9 heteroatoms. The summed E-state index contributed by atoms with van der Waals surface area (Å²) in [5.41, 5.74) is 0. The first kappa shape index (κ1) is 87.2. The third-order valence-corrected chi connectivity index (χ3v) is 16.9. The Hall–Kier alpha value is -3.79. The molecule has 0 saturated carbocycles. The van der Waals surface area contributed by atoms with Gasteiger partial charge in [0.2, 0.25) is 0 Å². The van der Waals surface area contributed by atoms with Gasteiger partial charge in [-0.3, -0.25) is 9.59 Å². The standard InChI is InChI=1S/C82H145NO8/c1-6-8-10-12-14-16-18-20-22-24-26-28-30-32-34-36-37-38-39-40-41-42-43-45-47-49-51-53-55-57-59-61-63-65-67-69-71-73-80(85)91-78(77-90-82(81(86)87)88-75-74-83(3,4)5)76-89-79(84)72-70-68-66-64-62-60-58-56-54-52-50-48-46-44-35-33-31-29-27-25-23-21-19-17-15-13-11-9-7-2/h8,10,14,16,20,22,26,28,32,34,37-38,40-41,43,45,78,82H,6-7,9,11-13,15,17-19,21,23-25,27,29-31,33,35-36,39,42,44,46-77H2,1-5H3/p+1/b10-8-,16-14-,22-20-,28-26-,34-32-,38-37-,41-40-,45-43-. The molecule has 9 nitrogen and oxygen atoms in total. The van der Waals surface area contributed by atoms with Crippen molar-refractivity contribution < 1.29 is 42.9 Å². The third kappa shape index (κ3) is 73.5. The van der Waals surface area contributed by atoms with Crippen molar-refractivity contribution in [2.24, 2.45) is 0 Å². The maximum absolute atomic E-state index is 13.0. The van der Waals surface area contributed by atoms with Gasteiger partial charge >= 0.3 is 17.9 Å². The van der Waals surface area contributed by atoms with Crippen LogP contribution in [-0.4, -0.2) is 87.4 Å². The van der Waals surface area contributed by atoms with Gasteiger partial charge in [0.1, 0.15) is 13.2 Å². The number of likely N-dealkylation sites (N-methyl/N-ethyl adjacent to an activating group) is 1. The fourth-order valence-corrected chi connectivity index (χ4v) is 11.0. The molecule has 0 fully saturated rings. The van der Waals surface area contributed by atoms with Crippen LogP contribution in [0.2, 0.25) is 0 Å². The molecule has 0 bridgehead atoms. The van der Waals surface area contributed by atoms with Crippen LogP contribution in [0.3, 0.4) is 0 Å². The molecule has 0 aromatic heterocycles. The van der Waals surface area contributed by atoms with E-state index in [4.69, 9.17) is 18.9 Å². The lowest BCUT2D eigenvalue weighted by Gasteiger charge is -2.25. The molecule has 2 unspecified atom stereocenters. The monoisotopic (exact) mass is 1270 g/mol. The molecule has 0 amide bonds. The molecular weight excluding hydrogens is 1130 g/mol. The van der Waals surface area contributed by atoms with E-state index in [1.54, 1.807) is 0 Å². The molecule has 0 heterocycles.